The van der Waals surface area contributed by atoms with E-state index in [-0.39, 0.29) is 11.1 Å². The summed E-state index contributed by atoms with van der Waals surface area (Å²) in [6.07, 6.45) is 5.07. The highest BCUT2D eigenvalue weighted by molar-refractivity contribution is 6.32. The molecule has 0 saturated carbocycles. The third-order valence-corrected chi connectivity index (χ3v) is 3.61. The second-order valence-corrected chi connectivity index (χ2v) is 5.24. The van der Waals surface area contributed by atoms with Crippen LogP contribution < -0.4 is 5.32 Å². The number of pyridine rings is 2. The first kappa shape index (κ1) is 14.5. The van der Waals surface area contributed by atoms with Gasteiger partial charge in [0.05, 0.1) is 11.4 Å². The van der Waals surface area contributed by atoms with Crippen molar-refractivity contribution >= 4 is 28.8 Å². The number of imidazole rings is 1. The summed E-state index contributed by atoms with van der Waals surface area (Å²) in [7, 11) is 0. The van der Waals surface area contributed by atoms with Crippen LogP contribution in [0.5, 0.6) is 0 Å². The molecule has 5 nitrogen and oxygen atoms in total. The van der Waals surface area contributed by atoms with Crippen molar-refractivity contribution in [1.29, 1.82) is 0 Å². The molecule has 1 N–H and O–H groups in total. The number of amides is 1. The second kappa shape index (κ2) is 6.15. The van der Waals surface area contributed by atoms with Crippen LogP contribution in [0.15, 0.2) is 42.7 Å². The minimum atomic E-state index is -0.239. The van der Waals surface area contributed by atoms with Crippen molar-refractivity contribution < 1.29 is 4.79 Å². The number of carbonyl (C=O) groups is 1. The SMILES string of the molecule is CCCc1nc2ccccn2c1C(=O)Nc1cccnc1Cl. The molecule has 0 aliphatic heterocycles. The Hall–Kier alpha value is -2.40. The van der Waals surface area contributed by atoms with Crippen LogP contribution >= 0.6 is 11.6 Å². The van der Waals surface area contributed by atoms with Gasteiger partial charge in [-0.2, -0.15) is 0 Å². The first-order valence-corrected chi connectivity index (χ1v) is 7.46. The molecule has 0 saturated heterocycles. The van der Waals surface area contributed by atoms with Crippen molar-refractivity contribution in [3.05, 3.63) is 59.3 Å². The van der Waals surface area contributed by atoms with Gasteiger partial charge in [0.1, 0.15) is 11.3 Å². The molecule has 0 radical (unpaired) electrons. The minimum absolute atomic E-state index is 0.239. The maximum atomic E-state index is 12.7. The number of anilines is 1. The van der Waals surface area contributed by atoms with Crippen LogP contribution in [0.25, 0.3) is 5.65 Å². The van der Waals surface area contributed by atoms with Crippen molar-refractivity contribution in [3.8, 4) is 0 Å². The van der Waals surface area contributed by atoms with E-state index in [4.69, 9.17) is 11.6 Å². The number of aromatic nitrogens is 3. The van der Waals surface area contributed by atoms with Gasteiger partial charge in [0.25, 0.3) is 5.91 Å². The topological polar surface area (TPSA) is 59.3 Å². The minimum Gasteiger partial charge on any atom is -0.318 e. The number of nitrogens with zero attached hydrogens (tertiary/aromatic N) is 3. The molecule has 0 unspecified atom stereocenters. The highest BCUT2D eigenvalue weighted by Crippen LogP contribution is 2.20. The molecule has 0 bridgehead atoms. The fraction of sp³-hybridized carbons (Fsp3) is 0.188. The van der Waals surface area contributed by atoms with Gasteiger partial charge in [-0.25, -0.2) is 9.97 Å². The number of fused-ring (bicyclic) bond motifs is 1. The summed E-state index contributed by atoms with van der Waals surface area (Å²) < 4.78 is 1.80. The molecule has 0 fully saturated rings. The Balaban J connectivity index is 2.03. The van der Waals surface area contributed by atoms with Gasteiger partial charge in [0.2, 0.25) is 0 Å². The summed E-state index contributed by atoms with van der Waals surface area (Å²) in [6, 6.07) is 9.10. The standard InChI is InChI=1S/C16H15ClN4O/c1-2-6-11-14(21-10-4-3-8-13(21)19-11)16(22)20-12-7-5-9-18-15(12)17/h3-5,7-10H,2,6H2,1H3,(H,20,22). The lowest BCUT2D eigenvalue weighted by molar-refractivity contribution is 0.102. The van der Waals surface area contributed by atoms with Crippen LogP contribution in [0.2, 0.25) is 5.15 Å². The molecule has 0 aliphatic carbocycles. The summed E-state index contributed by atoms with van der Waals surface area (Å²) in [4.78, 5) is 21.2. The first-order valence-electron chi connectivity index (χ1n) is 7.08. The lowest BCUT2D eigenvalue weighted by Crippen LogP contribution is -2.16. The maximum Gasteiger partial charge on any atom is 0.274 e. The molecule has 112 valence electrons. The molecule has 3 aromatic rings. The zero-order valence-corrected chi connectivity index (χ0v) is 12.8. The smallest absolute Gasteiger partial charge is 0.274 e. The van der Waals surface area contributed by atoms with Crippen LogP contribution in [0.1, 0.15) is 29.5 Å². The van der Waals surface area contributed by atoms with Gasteiger partial charge < -0.3 is 5.32 Å². The van der Waals surface area contributed by atoms with Gasteiger partial charge in [0, 0.05) is 12.4 Å². The van der Waals surface area contributed by atoms with Crippen LogP contribution in [0.4, 0.5) is 5.69 Å². The molecular formula is C16H15ClN4O. The second-order valence-electron chi connectivity index (χ2n) is 4.88. The Morgan fingerprint density at radius 2 is 2.18 bits per heavy atom. The summed E-state index contributed by atoms with van der Waals surface area (Å²) >= 11 is 6.00. The van der Waals surface area contributed by atoms with Crippen molar-refractivity contribution in [2.24, 2.45) is 0 Å². The van der Waals surface area contributed by atoms with Crippen LogP contribution in [0.3, 0.4) is 0 Å². The average Bonchev–Trinajstić information content (AvgIpc) is 2.88. The number of rotatable bonds is 4. The summed E-state index contributed by atoms with van der Waals surface area (Å²) in [5.74, 6) is -0.239. The Kier molecular flexibility index (Phi) is 4.06. The predicted octanol–water partition coefficient (Wildman–Crippen LogP) is 3.59. The molecule has 0 aliphatic rings. The summed E-state index contributed by atoms with van der Waals surface area (Å²) in [5, 5.41) is 3.07. The van der Waals surface area contributed by atoms with E-state index in [1.807, 2.05) is 24.4 Å². The highest BCUT2D eigenvalue weighted by Gasteiger charge is 2.19. The van der Waals surface area contributed by atoms with Gasteiger partial charge in [-0.05, 0) is 30.7 Å². The van der Waals surface area contributed by atoms with Crippen LogP contribution in [-0.4, -0.2) is 20.3 Å². The lowest BCUT2D eigenvalue weighted by Gasteiger charge is -2.07. The number of nitrogens with one attached hydrogen (secondary N) is 1. The maximum absolute atomic E-state index is 12.7. The third kappa shape index (κ3) is 2.67. The van der Waals surface area contributed by atoms with Gasteiger partial charge in [-0.1, -0.05) is 31.0 Å². The average molecular weight is 315 g/mol. The van der Waals surface area contributed by atoms with E-state index >= 15 is 0 Å². The van der Waals surface area contributed by atoms with Gasteiger partial charge >= 0.3 is 0 Å². The van der Waals surface area contributed by atoms with Crippen molar-refractivity contribution in [3.63, 3.8) is 0 Å². The highest BCUT2D eigenvalue weighted by atomic mass is 35.5. The molecule has 6 heteroatoms. The summed E-state index contributed by atoms with van der Waals surface area (Å²) in [6.45, 7) is 2.06. The van der Waals surface area contributed by atoms with Crippen molar-refractivity contribution in [2.75, 3.05) is 5.32 Å². The number of aryl methyl sites for hydroxylation is 1. The Morgan fingerprint density at radius 1 is 1.32 bits per heavy atom. The van der Waals surface area contributed by atoms with E-state index in [1.54, 1.807) is 22.7 Å². The third-order valence-electron chi connectivity index (χ3n) is 3.31. The molecule has 22 heavy (non-hydrogen) atoms. The van der Waals surface area contributed by atoms with E-state index in [2.05, 4.69) is 22.2 Å². The van der Waals surface area contributed by atoms with Gasteiger partial charge in [-0.3, -0.25) is 9.20 Å². The number of halogens is 1. The molecule has 3 rings (SSSR count). The predicted molar refractivity (Wildman–Crippen MR) is 86.4 cm³/mol. The molecule has 0 aromatic carbocycles. The number of hydrogen-bond acceptors (Lipinski definition) is 3. The van der Waals surface area contributed by atoms with Crippen LogP contribution in [-0.2, 0) is 6.42 Å². The zero-order chi connectivity index (χ0) is 15.5. The molecule has 0 atom stereocenters. The van der Waals surface area contributed by atoms with E-state index in [0.717, 1.165) is 24.2 Å². The van der Waals surface area contributed by atoms with Crippen molar-refractivity contribution in [2.45, 2.75) is 19.8 Å². The Morgan fingerprint density at radius 3 is 2.95 bits per heavy atom. The van der Waals surface area contributed by atoms with Crippen LogP contribution in [0, 0.1) is 0 Å². The molecule has 1 amide bonds. The van der Waals surface area contributed by atoms with E-state index < -0.39 is 0 Å². The van der Waals surface area contributed by atoms with Gasteiger partial charge in [-0.15, -0.1) is 0 Å². The van der Waals surface area contributed by atoms with E-state index in [0.29, 0.717) is 11.4 Å². The van der Waals surface area contributed by atoms with E-state index in [9.17, 15) is 4.79 Å². The monoisotopic (exact) mass is 314 g/mol. The molecule has 3 aromatic heterocycles. The van der Waals surface area contributed by atoms with E-state index in [1.165, 1.54) is 0 Å². The normalized spacial score (nSPS) is 10.8. The lowest BCUT2D eigenvalue weighted by atomic mass is 10.2. The summed E-state index contributed by atoms with van der Waals surface area (Å²) in [5.41, 5.74) is 2.57. The Labute approximate surface area is 133 Å². The fourth-order valence-electron chi connectivity index (χ4n) is 2.36. The zero-order valence-electron chi connectivity index (χ0n) is 12.1. The molecule has 3 heterocycles. The largest absolute Gasteiger partial charge is 0.318 e. The quantitative estimate of drug-likeness (QED) is 0.749. The number of hydrogen-bond donors (Lipinski definition) is 1. The van der Waals surface area contributed by atoms with Crippen molar-refractivity contribution in [1.82, 2.24) is 14.4 Å². The van der Waals surface area contributed by atoms with Gasteiger partial charge in [0.15, 0.2) is 5.15 Å². The molecule has 0 spiro atoms. The Bertz CT molecular complexity index is 828. The number of carbonyl (C=O) groups excluding carboxylic acids is 1. The molecular weight excluding hydrogens is 300 g/mol. The first-order chi connectivity index (χ1) is 10.7. The fourth-order valence-corrected chi connectivity index (χ4v) is 2.52.